The van der Waals surface area contributed by atoms with Crippen LogP contribution >= 0.6 is 7.75 Å². The predicted molar refractivity (Wildman–Crippen MR) is 118 cm³/mol. The molecule has 2 rings (SSSR count). The van der Waals surface area contributed by atoms with Crippen LogP contribution in [0.15, 0.2) is 30.5 Å². The number of H-pyrrole nitrogens is 1. The van der Waals surface area contributed by atoms with Crippen molar-refractivity contribution in [2.24, 2.45) is 5.92 Å². The Bertz CT molecular complexity index is 1040. The third-order valence-corrected chi connectivity index (χ3v) is 6.42. The number of aliphatic carboxylic acids is 1. The van der Waals surface area contributed by atoms with Gasteiger partial charge in [-0.1, -0.05) is 38.5 Å². The molecule has 0 bridgehead atoms. The molecule has 0 fully saturated rings. The van der Waals surface area contributed by atoms with Crippen molar-refractivity contribution < 1.29 is 136 Å². The number of amides is 2. The van der Waals surface area contributed by atoms with Gasteiger partial charge in [-0.2, -0.15) is 0 Å². The third kappa shape index (κ3) is 11.4. The second-order valence-electron chi connectivity index (χ2n) is 7.62. The number of rotatable bonds is 13. The Labute approximate surface area is 289 Å². The first kappa shape index (κ1) is 35.6. The molecule has 0 spiro atoms. The molecule has 0 saturated heterocycles. The molecule has 0 radical (unpaired) electrons. The van der Waals surface area contributed by atoms with Crippen LogP contribution in [0.2, 0.25) is 0 Å². The fourth-order valence-corrected chi connectivity index (χ4v) is 4.46. The Kier molecular flexibility index (Phi) is 17.5. The number of hydrogen-bond acceptors (Lipinski definition) is 7. The van der Waals surface area contributed by atoms with E-state index in [2.05, 4.69) is 20.7 Å². The first-order valence-electron chi connectivity index (χ1n) is 10.6. The van der Waals surface area contributed by atoms with Crippen molar-refractivity contribution in [3.8, 4) is 0 Å². The van der Waals surface area contributed by atoms with Crippen molar-refractivity contribution in [1.82, 2.24) is 20.7 Å². The van der Waals surface area contributed by atoms with Crippen molar-refractivity contribution in [3.63, 3.8) is 0 Å². The SMILES string of the molecule is CCOP(=O)([O-])N[C@H](C(=O)N[C@@H](Cc1c[nH]c2ccccc12)C(=O)NCC(=O)[O-])[C@@H](C)CC.[K+].[K+]. The second kappa shape index (κ2) is 17.2. The molecule has 0 saturated carbocycles. The van der Waals surface area contributed by atoms with E-state index in [1.54, 1.807) is 20.0 Å². The normalized spacial score (nSPS) is 15.0. The molecular weight excluding hydrogens is 529 g/mol. The average Bonchev–Trinajstić information content (AvgIpc) is 3.17. The minimum atomic E-state index is -4.50. The summed E-state index contributed by atoms with van der Waals surface area (Å²) in [7, 11) is -4.50. The first-order chi connectivity index (χ1) is 15.6. The van der Waals surface area contributed by atoms with Gasteiger partial charge in [0.25, 0.3) is 0 Å². The minimum absolute atomic E-state index is 0. The molecule has 4 atom stereocenters. The van der Waals surface area contributed by atoms with E-state index in [1.165, 1.54) is 6.92 Å². The van der Waals surface area contributed by atoms with Crippen molar-refractivity contribution in [2.45, 2.75) is 45.7 Å². The van der Waals surface area contributed by atoms with Crippen molar-refractivity contribution in [2.75, 3.05) is 13.2 Å². The van der Waals surface area contributed by atoms with Crippen LogP contribution in [0, 0.1) is 5.92 Å². The van der Waals surface area contributed by atoms with E-state index < -0.39 is 50.1 Å². The average molecular weight is 559 g/mol. The Balaban J connectivity index is 0.00000578. The molecular formula is C21H29K2N4O7P. The standard InChI is InChI=1S/C21H31N4O7P.2K/c1-4-13(3)19(25-33(30,31)32-5-2)21(29)24-17(20(28)23-12-18(26)27)10-14-11-22-16-9-7-6-8-15(14)16;;/h6-9,11,13,17,19,22H,4-5,10,12H2,1-3H3,(H,23,28)(H,24,29)(H,26,27)(H2,25,30,31);;/q;2*+1/p-2/t13-,17-,19-;;/m0../s1. The van der Waals surface area contributed by atoms with Gasteiger partial charge in [-0.05, 0) is 24.5 Å². The summed E-state index contributed by atoms with van der Waals surface area (Å²) in [6.45, 7) is 4.15. The number of aromatic amines is 1. The number of fused-ring (bicyclic) bond motifs is 1. The van der Waals surface area contributed by atoms with Gasteiger partial charge in [0.1, 0.15) is 6.04 Å². The summed E-state index contributed by atoms with van der Waals surface area (Å²) in [4.78, 5) is 51.8. The minimum Gasteiger partial charge on any atom is -0.766 e. The van der Waals surface area contributed by atoms with E-state index in [0.29, 0.717) is 6.42 Å². The van der Waals surface area contributed by atoms with Crippen molar-refractivity contribution >= 4 is 36.4 Å². The predicted octanol–water partition coefficient (Wildman–Crippen LogP) is -6.42. The van der Waals surface area contributed by atoms with E-state index in [0.717, 1.165) is 16.5 Å². The molecule has 1 aromatic heterocycles. The first-order valence-corrected chi connectivity index (χ1v) is 12.2. The quantitative estimate of drug-likeness (QED) is 0.139. The maximum absolute atomic E-state index is 13.1. The molecule has 2 aromatic rings. The number of hydrogen-bond donors (Lipinski definition) is 4. The summed E-state index contributed by atoms with van der Waals surface area (Å²) in [6.07, 6.45) is 2.21. The van der Waals surface area contributed by atoms with E-state index in [1.807, 2.05) is 24.3 Å². The summed E-state index contributed by atoms with van der Waals surface area (Å²) in [5.74, 6) is -3.36. The molecule has 0 aliphatic heterocycles. The summed E-state index contributed by atoms with van der Waals surface area (Å²) in [6, 6.07) is 5.01. The summed E-state index contributed by atoms with van der Waals surface area (Å²) < 4.78 is 16.8. The van der Waals surface area contributed by atoms with Crippen molar-refractivity contribution in [1.29, 1.82) is 0 Å². The van der Waals surface area contributed by atoms with Crippen LogP contribution in [0.4, 0.5) is 0 Å². The van der Waals surface area contributed by atoms with Crippen LogP contribution in [0.1, 0.15) is 32.8 Å². The molecule has 1 unspecified atom stereocenters. The Morgan fingerprint density at radius 1 is 1.14 bits per heavy atom. The monoisotopic (exact) mass is 558 g/mol. The Hall–Kier alpha value is 0.553. The van der Waals surface area contributed by atoms with Crippen LogP contribution in [-0.2, 0) is 29.9 Å². The molecule has 182 valence electrons. The Morgan fingerprint density at radius 2 is 1.80 bits per heavy atom. The molecule has 1 aromatic carbocycles. The third-order valence-electron chi connectivity index (χ3n) is 5.23. The number of para-hydroxylation sites is 1. The molecule has 0 aliphatic rings. The number of carbonyl (C=O) groups is 3. The molecule has 1 heterocycles. The van der Waals surface area contributed by atoms with Gasteiger partial charge in [-0.3, -0.25) is 14.2 Å². The zero-order valence-electron chi connectivity index (χ0n) is 20.8. The fraction of sp³-hybridized carbons (Fsp3) is 0.476. The Morgan fingerprint density at radius 3 is 2.40 bits per heavy atom. The van der Waals surface area contributed by atoms with Crippen LogP contribution in [-0.4, -0.2) is 48.0 Å². The molecule has 14 heteroatoms. The molecule has 4 N–H and O–H groups in total. The van der Waals surface area contributed by atoms with Crippen LogP contribution in [0.3, 0.4) is 0 Å². The number of benzene rings is 1. The zero-order chi connectivity index (χ0) is 24.6. The summed E-state index contributed by atoms with van der Waals surface area (Å²) >= 11 is 0. The van der Waals surface area contributed by atoms with E-state index >= 15 is 0 Å². The number of nitrogens with one attached hydrogen (secondary N) is 4. The van der Waals surface area contributed by atoms with Gasteiger partial charge in [0.05, 0.1) is 25.2 Å². The topological polar surface area (TPSA) is 176 Å². The largest absolute Gasteiger partial charge is 1.00 e. The maximum atomic E-state index is 13.1. The van der Waals surface area contributed by atoms with Gasteiger partial charge in [0, 0.05) is 23.5 Å². The molecule has 0 aliphatic carbocycles. The van der Waals surface area contributed by atoms with E-state index in [9.17, 15) is 28.9 Å². The van der Waals surface area contributed by atoms with Gasteiger partial charge < -0.3 is 34.9 Å². The van der Waals surface area contributed by atoms with Gasteiger partial charge in [0.2, 0.25) is 19.6 Å². The summed E-state index contributed by atoms with van der Waals surface area (Å²) in [5.41, 5.74) is 1.55. The maximum Gasteiger partial charge on any atom is 1.00 e. The van der Waals surface area contributed by atoms with Gasteiger partial charge in [-0.25, -0.2) is 5.09 Å². The molecule has 35 heavy (non-hydrogen) atoms. The number of carbonyl (C=O) groups excluding carboxylic acids is 3. The van der Waals surface area contributed by atoms with E-state index in [4.69, 9.17) is 4.52 Å². The van der Waals surface area contributed by atoms with Gasteiger partial charge >= 0.3 is 103 Å². The van der Waals surface area contributed by atoms with Crippen LogP contribution in [0.5, 0.6) is 0 Å². The second-order valence-corrected chi connectivity index (χ2v) is 9.13. The number of aromatic nitrogens is 1. The van der Waals surface area contributed by atoms with Crippen LogP contribution < -0.4 is 128 Å². The van der Waals surface area contributed by atoms with E-state index in [-0.39, 0.29) is 116 Å². The molecule has 11 nitrogen and oxygen atoms in total. The van der Waals surface area contributed by atoms with Gasteiger partial charge in [0.15, 0.2) is 0 Å². The zero-order valence-corrected chi connectivity index (χ0v) is 27.9. The summed E-state index contributed by atoms with van der Waals surface area (Å²) in [5, 5.41) is 18.7. The van der Waals surface area contributed by atoms with Gasteiger partial charge in [-0.15, -0.1) is 0 Å². The molecule has 2 amide bonds. The smallest absolute Gasteiger partial charge is 0.766 e. The van der Waals surface area contributed by atoms with Crippen LogP contribution in [0.25, 0.3) is 10.9 Å². The number of carboxylic acids is 1. The number of carboxylic acid groups (broad SMARTS) is 1. The fourth-order valence-electron chi connectivity index (χ4n) is 3.33. The van der Waals surface area contributed by atoms with Crippen molar-refractivity contribution in [3.05, 3.63) is 36.0 Å².